The highest BCUT2D eigenvalue weighted by atomic mass is 32.2. The lowest BCUT2D eigenvalue weighted by Crippen LogP contribution is -2.09. The third-order valence-corrected chi connectivity index (χ3v) is 4.41. The summed E-state index contributed by atoms with van der Waals surface area (Å²) in [5, 5.41) is 1.81. The van der Waals surface area contributed by atoms with Crippen LogP contribution in [0, 0.1) is 0 Å². The van der Waals surface area contributed by atoms with Gasteiger partial charge in [-0.15, -0.1) is 0 Å². The Morgan fingerprint density at radius 3 is 1.70 bits per heavy atom. The van der Waals surface area contributed by atoms with Crippen LogP contribution in [0.2, 0.25) is 0 Å². The van der Waals surface area contributed by atoms with E-state index in [2.05, 4.69) is 37.4 Å². The van der Waals surface area contributed by atoms with Crippen molar-refractivity contribution < 1.29 is 0 Å². The smallest absolute Gasteiger partial charge is 0.00265 e. The molecule has 1 rings (SSSR count). The highest BCUT2D eigenvalue weighted by Gasteiger charge is 2.10. The zero-order chi connectivity index (χ0) is 7.40. The van der Waals surface area contributed by atoms with Crippen molar-refractivity contribution in [2.75, 3.05) is 11.5 Å². The minimum absolute atomic E-state index is 0.903. The molecule has 0 N–H and O–H groups in total. The van der Waals surface area contributed by atoms with Crippen molar-refractivity contribution in [3.05, 3.63) is 0 Å². The molecule has 1 aliphatic heterocycles. The monoisotopic (exact) mass is 176 g/mol. The molecule has 2 atom stereocenters. The summed E-state index contributed by atoms with van der Waals surface area (Å²) in [5.41, 5.74) is 0. The van der Waals surface area contributed by atoms with Gasteiger partial charge in [0.05, 0.1) is 0 Å². The minimum atomic E-state index is 0.903. The summed E-state index contributed by atoms with van der Waals surface area (Å²) in [6.45, 7) is 4.70. The van der Waals surface area contributed by atoms with E-state index in [1.165, 1.54) is 24.3 Å². The zero-order valence-corrected chi connectivity index (χ0v) is 8.43. The molecule has 0 spiro atoms. The molecule has 2 heteroatoms. The maximum Gasteiger partial charge on any atom is 0.00265 e. The molecular weight excluding hydrogens is 160 g/mol. The van der Waals surface area contributed by atoms with Crippen molar-refractivity contribution in [2.45, 2.75) is 37.2 Å². The zero-order valence-electron chi connectivity index (χ0n) is 6.80. The van der Waals surface area contributed by atoms with E-state index in [4.69, 9.17) is 0 Å². The molecule has 2 unspecified atom stereocenters. The average molecular weight is 176 g/mol. The number of rotatable bonds is 0. The van der Waals surface area contributed by atoms with Gasteiger partial charge in [-0.1, -0.05) is 13.8 Å². The molecule has 10 heavy (non-hydrogen) atoms. The Morgan fingerprint density at radius 1 is 0.900 bits per heavy atom. The molecule has 0 nitrogen and oxygen atoms in total. The second-order valence-electron chi connectivity index (χ2n) is 2.94. The molecule has 0 radical (unpaired) electrons. The van der Waals surface area contributed by atoms with Gasteiger partial charge in [0.25, 0.3) is 0 Å². The van der Waals surface area contributed by atoms with Crippen LogP contribution in [0.15, 0.2) is 0 Å². The van der Waals surface area contributed by atoms with Gasteiger partial charge in [0, 0.05) is 10.5 Å². The first-order chi connectivity index (χ1) is 4.79. The van der Waals surface area contributed by atoms with E-state index in [1.54, 1.807) is 0 Å². The Morgan fingerprint density at radius 2 is 1.30 bits per heavy atom. The lowest BCUT2D eigenvalue weighted by atomic mass is 10.3. The van der Waals surface area contributed by atoms with Crippen molar-refractivity contribution in [1.29, 1.82) is 0 Å². The molecule has 1 aliphatic rings. The topological polar surface area (TPSA) is 0 Å². The van der Waals surface area contributed by atoms with Crippen molar-refractivity contribution in [3.63, 3.8) is 0 Å². The molecule has 0 saturated carbocycles. The van der Waals surface area contributed by atoms with E-state index < -0.39 is 0 Å². The van der Waals surface area contributed by atoms with Gasteiger partial charge in [-0.25, -0.2) is 0 Å². The number of hydrogen-bond donors (Lipinski definition) is 0. The van der Waals surface area contributed by atoms with Crippen molar-refractivity contribution in [3.8, 4) is 0 Å². The van der Waals surface area contributed by atoms with Gasteiger partial charge in [-0.05, 0) is 24.3 Å². The van der Waals surface area contributed by atoms with Crippen molar-refractivity contribution >= 4 is 23.5 Å². The van der Waals surface area contributed by atoms with Crippen LogP contribution >= 0.6 is 23.5 Å². The van der Waals surface area contributed by atoms with Crippen LogP contribution in [0.5, 0.6) is 0 Å². The van der Waals surface area contributed by atoms with Crippen molar-refractivity contribution in [2.24, 2.45) is 0 Å². The van der Waals surface area contributed by atoms with Gasteiger partial charge in [0.15, 0.2) is 0 Å². The lowest BCUT2D eigenvalue weighted by Gasteiger charge is -2.18. The second kappa shape index (κ2) is 4.55. The molecule has 60 valence electrons. The van der Waals surface area contributed by atoms with Gasteiger partial charge >= 0.3 is 0 Å². The first-order valence-corrected chi connectivity index (χ1v) is 6.12. The van der Waals surface area contributed by atoms with Gasteiger partial charge < -0.3 is 0 Å². The van der Waals surface area contributed by atoms with E-state index in [9.17, 15) is 0 Å². The van der Waals surface area contributed by atoms with Crippen LogP contribution < -0.4 is 0 Å². The molecule has 1 heterocycles. The molecule has 0 aromatic heterocycles. The van der Waals surface area contributed by atoms with Crippen LogP contribution in [0.1, 0.15) is 26.7 Å². The highest BCUT2D eigenvalue weighted by molar-refractivity contribution is 8.01. The summed E-state index contributed by atoms with van der Waals surface area (Å²) >= 11 is 4.29. The minimum Gasteiger partial charge on any atom is -0.159 e. The molecular formula is C8H16S2. The molecule has 1 fully saturated rings. The summed E-state index contributed by atoms with van der Waals surface area (Å²) in [5.74, 6) is 2.74. The predicted molar refractivity (Wildman–Crippen MR) is 53.1 cm³/mol. The third-order valence-electron chi connectivity index (χ3n) is 1.85. The third kappa shape index (κ3) is 3.20. The Bertz CT molecular complexity index is 73.3. The second-order valence-corrected chi connectivity index (χ2v) is 6.03. The molecule has 0 amide bonds. The van der Waals surface area contributed by atoms with Gasteiger partial charge in [-0.3, -0.25) is 0 Å². The molecule has 0 aromatic carbocycles. The fraction of sp³-hybridized carbons (Fsp3) is 1.00. The first-order valence-electron chi connectivity index (χ1n) is 4.02. The maximum absolute atomic E-state index is 2.35. The Labute approximate surface area is 72.5 Å². The summed E-state index contributed by atoms with van der Waals surface area (Å²) in [4.78, 5) is 0. The average Bonchev–Trinajstić information content (AvgIpc) is 1.84. The van der Waals surface area contributed by atoms with Gasteiger partial charge in [0.2, 0.25) is 0 Å². The molecule has 0 aliphatic carbocycles. The van der Waals surface area contributed by atoms with E-state index in [1.807, 2.05) is 0 Å². The van der Waals surface area contributed by atoms with E-state index in [0.717, 1.165) is 10.5 Å². The summed E-state index contributed by atoms with van der Waals surface area (Å²) in [6.07, 6.45) is 2.80. The van der Waals surface area contributed by atoms with E-state index in [0.29, 0.717) is 0 Å². The largest absolute Gasteiger partial charge is 0.159 e. The quantitative estimate of drug-likeness (QED) is 0.556. The standard InChI is InChI=1S/C8H16S2/c1-7-3-5-10-8(2)4-6-9-7/h7-8H,3-6H2,1-2H3. The first kappa shape index (κ1) is 8.79. The normalized spacial score (nSPS) is 36.6. The van der Waals surface area contributed by atoms with Crippen molar-refractivity contribution in [1.82, 2.24) is 0 Å². The number of hydrogen-bond acceptors (Lipinski definition) is 2. The predicted octanol–water partition coefficient (Wildman–Crippen LogP) is 3.02. The molecule has 1 saturated heterocycles. The maximum atomic E-state index is 2.35. The van der Waals surface area contributed by atoms with Crippen LogP contribution in [-0.4, -0.2) is 22.0 Å². The van der Waals surface area contributed by atoms with E-state index in [-0.39, 0.29) is 0 Å². The molecule has 0 bridgehead atoms. The SMILES string of the molecule is CC1CCSC(C)CCS1. The van der Waals surface area contributed by atoms with Crippen LogP contribution in [-0.2, 0) is 0 Å². The van der Waals surface area contributed by atoms with Gasteiger partial charge in [0.1, 0.15) is 0 Å². The van der Waals surface area contributed by atoms with Crippen LogP contribution in [0.25, 0.3) is 0 Å². The fourth-order valence-corrected chi connectivity index (χ4v) is 3.69. The summed E-state index contributed by atoms with van der Waals surface area (Å²) in [7, 11) is 0. The van der Waals surface area contributed by atoms with Gasteiger partial charge in [-0.2, -0.15) is 23.5 Å². The fourth-order valence-electron chi connectivity index (χ4n) is 1.04. The summed E-state index contributed by atoms with van der Waals surface area (Å²) in [6, 6.07) is 0. The molecule has 0 aromatic rings. The van der Waals surface area contributed by atoms with Crippen LogP contribution in [0.4, 0.5) is 0 Å². The Balaban J connectivity index is 2.21. The van der Waals surface area contributed by atoms with E-state index >= 15 is 0 Å². The lowest BCUT2D eigenvalue weighted by molar-refractivity contribution is 0.861. The number of thioether (sulfide) groups is 2. The highest BCUT2D eigenvalue weighted by Crippen LogP contribution is 2.26. The Kier molecular flexibility index (Phi) is 4.00. The Hall–Kier alpha value is 0.700. The van der Waals surface area contributed by atoms with Crippen LogP contribution in [0.3, 0.4) is 0 Å². The summed E-state index contributed by atoms with van der Waals surface area (Å²) < 4.78 is 0.